The molecule has 2 N–H and O–H groups in total. The minimum Gasteiger partial charge on any atom is -0.397 e. The highest BCUT2D eigenvalue weighted by Gasteiger charge is 2.08. The molecule has 2 aromatic heterocycles. The van der Waals surface area contributed by atoms with Gasteiger partial charge in [0, 0.05) is 18.6 Å². The summed E-state index contributed by atoms with van der Waals surface area (Å²) in [7, 11) is 0. The Labute approximate surface area is 98.2 Å². The summed E-state index contributed by atoms with van der Waals surface area (Å²) in [5.41, 5.74) is 6.50. The standard InChI is InChI=1S/C9H7Br2N3/c10-6-5-13-9(7(11)8(6)12)14-3-1-2-4-14/h1-5H,(H2,12,13). The number of rotatable bonds is 1. The third-order valence-corrected chi connectivity index (χ3v) is 3.25. The molecule has 0 aliphatic rings. The Kier molecular flexibility index (Phi) is 2.60. The third kappa shape index (κ3) is 1.57. The molecule has 0 aromatic carbocycles. The molecule has 14 heavy (non-hydrogen) atoms. The van der Waals surface area contributed by atoms with Crippen LogP contribution in [0.3, 0.4) is 0 Å². The average Bonchev–Trinajstić information content (AvgIpc) is 2.67. The number of pyridine rings is 1. The topological polar surface area (TPSA) is 43.8 Å². The van der Waals surface area contributed by atoms with Gasteiger partial charge in [0.1, 0.15) is 0 Å². The summed E-state index contributed by atoms with van der Waals surface area (Å²) in [6.07, 6.45) is 5.52. The van der Waals surface area contributed by atoms with Gasteiger partial charge in [-0.3, -0.25) is 0 Å². The monoisotopic (exact) mass is 315 g/mol. The fourth-order valence-electron chi connectivity index (χ4n) is 1.13. The molecule has 0 amide bonds. The van der Waals surface area contributed by atoms with Crippen molar-refractivity contribution in [2.75, 3.05) is 5.73 Å². The second-order valence-corrected chi connectivity index (χ2v) is 4.40. The summed E-state index contributed by atoms with van der Waals surface area (Å²) >= 11 is 6.73. The molecule has 0 atom stereocenters. The van der Waals surface area contributed by atoms with Gasteiger partial charge in [0.05, 0.1) is 14.6 Å². The molecule has 3 nitrogen and oxygen atoms in total. The van der Waals surface area contributed by atoms with Crippen molar-refractivity contribution in [2.45, 2.75) is 0 Å². The lowest BCUT2D eigenvalue weighted by atomic mass is 10.4. The van der Waals surface area contributed by atoms with Crippen LogP contribution in [-0.2, 0) is 0 Å². The van der Waals surface area contributed by atoms with Crippen LogP contribution in [0.25, 0.3) is 5.82 Å². The first-order chi connectivity index (χ1) is 6.70. The molecule has 0 aliphatic heterocycles. The minimum atomic E-state index is 0.656. The van der Waals surface area contributed by atoms with E-state index in [0.717, 1.165) is 14.8 Å². The smallest absolute Gasteiger partial charge is 0.153 e. The highest BCUT2D eigenvalue weighted by atomic mass is 79.9. The highest BCUT2D eigenvalue weighted by molar-refractivity contribution is 9.11. The van der Waals surface area contributed by atoms with E-state index in [1.165, 1.54) is 0 Å². The quantitative estimate of drug-likeness (QED) is 0.879. The lowest BCUT2D eigenvalue weighted by molar-refractivity contribution is 0.997. The molecule has 0 bridgehead atoms. The molecule has 0 saturated heterocycles. The summed E-state index contributed by atoms with van der Waals surface area (Å²) in [6.45, 7) is 0. The Morgan fingerprint density at radius 2 is 1.86 bits per heavy atom. The Morgan fingerprint density at radius 3 is 2.50 bits per heavy atom. The molecule has 2 aromatic rings. The van der Waals surface area contributed by atoms with Crippen LogP contribution in [-0.4, -0.2) is 9.55 Å². The van der Waals surface area contributed by atoms with Crippen molar-refractivity contribution >= 4 is 37.5 Å². The van der Waals surface area contributed by atoms with Crippen molar-refractivity contribution in [3.05, 3.63) is 39.7 Å². The molecular weight excluding hydrogens is 310 g/mol. The van der Waals surface area contributed by atoms with E-state index in [-0.39, 0.29) is 0 Å². The number of nitrogens with two attached hydrogens (primary N) is 1. The lowest BCUT2D eigenvalue weighted by Gasteiger charge is -2.07. The first-order valence-corrected chi connectivity index (χ1v) is 5.51. The van der Waals surface area contributed by atoms with Gasteiger partial charge < -0.3 is 10.3 Å². The fourth-order valence-corrected chi connectivity index (χ4v) is 2.21. The van der Waals surface area contributed by atoms with Crippen molar-refractivity contribution in [1.29, 1.82) is 0 Å². The highest BCUT2D eigenvalue weighted by Crippen LogP contribution is 2.31. The zero-order valence-electron chi connectivity index (χ0n) is 7.11. The predicted octanol–water partition coefficient (Wildman–Crippen LogP) is 2.98. The summed E-state index contributed by atoms with van der Waals surface area (Å²) in [4.78, 5) is 4.27. The maximum absolute atomic E-state index is 5.84. The van der Waals surface area contributed by atoms with E-state index in [2.05, 4.69) is 36.8 Å². The van der Waals surface area contributed by atoms with Crippen LogP contribution in [0.4, 0.5) is 5.69 Å². The maximum atomic E-state index is 5.84. The van der Waals surface area contributed by atoms with Crippen LogP contribution in [0.5, 0.6) is 0 Å². The summed E-state index contributed by atoms with van der Waals surface area (Å²) < 4.78 is 3.48. The van der Waals surface area contributed by atoms with Crippen LogP contribution in [0.2, 0.25) is 0 Å². The van der Waals surface area contributed by atoms with Gasteiger partial charge in [-0.25, -0.2) is 4.98 Å². The number of aromatic nitrogens is 2. The third-order valence-electron chi connectivity index (χ3n) is 1.84. The van der Waals surface area contributed by atoms with Crippen LogP contribution in [0.15, 0.2) is 39.7 Å². The molecule has 72 valence electrons. The van der Waals surface area contributed by atoms with Gasteiger partial charge in [0.15, 0.2) is 5.82 Å². The van der Waals surface area contributed by atoms with Crippen LogP contribution >= 0.6 is 31.9 Å². The fraction of sp³-hybridized carbons (Fsp3) is 0. The molecule has 0 aliphatic carbocycles. The summed E-state index contributed by atoms with van der Waals surface area (Å²) in [5.74, 6) is 0.788. The molecule has 0 spiro atoms. The Bertz CT molecular complexity index is 451. The number of anilines is 1. The van der Waals surface area contributed by atoms with Gasteiger partial charge in [-0.1, -0.05) is 0 Å². The zero-order valence-corrected chi connectivity index (χ0v) is 10.3. The van der Waals surface area contributed by atoms with Crippen molar-refractivity contribution < 1.29 is 0 Å². The molecular formula is C9H7Br2N3. The Hall–Kier alpha value is -0.810. The van der Waals surface area contributed by atoms with Crippen molar-refractivity contribution in [3.8, 4) is 5.82 Å². The molecule has 2 heterocycles. The Morgan fingerprint density at radius 1 is 1.21 bits per heavy atom. The number of hydrogen-bond acceptors (Lipinski definition) is 2. The van der Waals surface area contributed by atoms with Gasteiger partial charge >= 0.3 is 0 Å². The predicted molar refractivity (Wildman–Crippen MR) is 63.4 cm³/mol. The van der Waals surface area contributed by atoms with Gasteiger partial charge in [0.25, 0.3) is 0 Å². The molecule has 0 fully saturated rings. The number of nitrogens with zero attached hydrogens (tertiary/aromatic N) is 2. The van der Waals surface area contributed by atoms with Crippen molar-refractivity contribution in [2.24, 2.45) is 0 Å². The van der Waals surface area contributed by atoms with E-state index in [0.29, 0.717) is 5.69 Å². The second kappa shape index (κ2) is 3.74. The largest absolute Gasteiger partial charge is 0.397 e. The molecule has 0 saturated carbocycles. The van der Waals surface area contributed by atoms with E-state index in [4.69, 9.17) is 5.73 Å². The van der Waals surface area contributed by atoms with Crippen LogP contribution in [0.1, 0.15) is 0 Å². The summed E-state index contributed by atoms with van der Waals surface area (Å²) in [6, 6.07) is 3.87. The van der Waals surface area contributed by atoms with Crippen molar-refractivity contribution in [3.63, 3.8) is 0 Å². The average molecular weight is 317 g/mol. The van der Waals surface area contributed by atoms with Crippen LogP contribution in [0, 0.1) is 0 Å². The van der Waals surface area contributed by atoms with Gasteiger partial charge in [0.2, 0.25) is 0 Å². The minimum absolute atomic E-state index is 0.656. The van der Waals surface area contributed by atoms with Crippen LogP contribution < -0.4 is 5.73 Å². The number of halogens is 2. The van der Waals surface area contributed by atoms with Gasteiger partial charge in [-0.15, -0.1) is 0 Å². The first kappa shape index (κ1) is 9.73. The van der Waals surface area contributed by atoms with Gasteiger partial charge in [-0.2, -0.15) is 0 Å². The Balaban J connectivity index is 2.61. The molecule has 5 heteroatoms. The first-order valence-electron chi connectivity index (χ1n) is 3.93. The normalized spacial score (nSPS) is 10.4. The number of nitrogen functional groups attached to an aromatic ring is 1. The maximum Gasteiger partial charge on any atom is 0.153 e. The van der Waals surface area contributed by atoms with E-state index < -0.39 is 0 Å². The molecule has 2 rings (SSSR count). The van der Waals surface area contributed by atoms with Crippen molar-refractivity contribution in [1.82, 2.24) is 9.55 Å². The summed E-state index contributed by atoms with van der Waals surface area (Å²) in [5, 5.41) is 0. The lowest BCUT2D eigenvalue weighted by Crippen LogP contribution is -1.99. The van der Waals surface area contributed by atoms with E-state index in [1.807, 2.05) is 29.1 Å². The molecule has 0 radical (unpaired) electrons. The second-order valence-electron chi connectivity index (χ2n) is 2.75. The van der Waals surface area contributed by atoms with E-state index in [1.54, 1.807) is 6.20 Å². The number of hydrogen-bond donors (Lipinski definition) is 1. The molecule has 0 unspecified atom stereocenters. The van der Waals surface area contributed by atoms with Gasteiger partial charge in [-0.05, 0) is 44.0 Å². The van der Waals surface area contributed by atoms with E-state index in [9.17, 15) is 0 Å². The SMILES string of the molecule is Nc1c(Br)cnc(-n2cccc2)c1Br. The zero-order chi connectivity index (χ0) is 10.1. The van der Waals surface area contributed by atoms with E-state index >= 15 is 0 Å².